The van der Waals surface area contributed by atoms with Crippen molar-refractivity contribution < 1.29 is 8.42 Å². The summed E-state index contributed by atoms with van der Waals surface area (Å²) in [5, 5.41) is 3.48. The van der Waals surface area contributed by atoms with Gasteiger partial charge < -0.3 is 5.32 Å². The molecule has 0 saturated carbocycles. The van der Waals surface area contributed by atoms with Crippen LogP contribution >= 0.6 is 11.3 Å². The van der Waals surface area contributed by atoms with Crippen LogP contribution in [0.4, 0.5) is 5.13 Å². The molecule has 1 aromatic carbocycles. The molecule has 0 spiro atoms. The Morgan fingerprint density at radius 3 is 2.29 bits per heavy atom. The molecule has 0 unspecified atom stereocenters. The van der Waals surface area contributed by atoms with E-state index in [1.165, 1.54) is 11.3 Å². The average Bonchev–Trinajstić information content (AvgIpc) is 2.69. The second-order valence-electron chi connectivity index (χ2n) is 4.87. The number of anilines is 1. The van der Waals surface area contributed by atoms with Gasteiger partial charge in [-0.05, 0) is 32.0 Å². The van der Waals surface area contributed by atoms with E-state index in [-0.39, 0.29) is 5.75 Å². The Morgan fingerprint density at radius 2 is 1.76 bits per heavy atom. The highest BCUT2D eigenvalue weighted by molar-refractivity contribution is 7.92. The number of nitrogens with zero attached hydrogens (tertiary/aromatic N) is 1. The number of hydrogen-bond donors (Lipinski definition) is 2. The molecular weight excluding hydrogens is 306 g/mol. The van der Waals surface area contributed by atoms with Crippen LogP contribution < -0.4 is 10.0 Å². The lowest BCUT2D eigenvalue weighted by atomic mass is 10.1. The van der Waals surface area contributed by atoms with Gasteiger partial charge in [0.1, 0.15) is 0 Å². The Hall–Kier alpha value is -1.44. The highest BCUT2D eigenvalue weighted by atomic mass is 32.2. The summed E-state index contributed by atoms with van der Waals surface area (Å²) >= 11 is 1.35. The molecule has 2 aromatic rings. The predicted molar refractivity (Wildman–Crippen MR) is 87.0 cm³/mol. The van der Waals surface area contributed by atoms with Crippen LogP contribution in [0.25, 0.3) is 0 Å². The zero-order valence-electron chi connectivity index (χ0n) is 12.3. The standard InChI is InChI=1S/C14H19N3O2S2/c1-10-11(2)20-14(16-10)17-21(18,19)9-13-6-4-12(5-7-13)8-15-3/h4-7,15H,8-9H2,1-3H3,(H,16,17). The van der Waals surface area contributed by atoms with Crippen molar-refractivity contribution in [2.24, 2.45) is 0 Å². The van der Waals surface area contributed by atoms with E-state index < -0.39 is 10.0 Å². The Kier molecular flexibility index (Phi) is 4.97. The maximum absolute atomic E-state index is 12.1. The van der Waals surface area contributed by atoms with Gasteiger partial charge in [0.25, 0.3) is 0 Å². The molecule has 2 N–H and O–H groups in total. The molecule has 114 valence electrons. The van der Waals surface area contributed by atoms with Crippen molar-refractivity contribution in [2.45, 2.75) is 26.1 Å². The Labute approximate surface area is 129 Å². The fourth-order valence-corrected chi connectivity index (χ4v) is 4.09. The average molecular weight is 325 g/mol. The molecule has 1 aromatic heterocycles. The molecule has 0 bridgehead atoms. The van der Waals surface area contributed by atoms with Crippen molar-refractivity contribution in [1.29, 1.82) is 0 Å². The largest absolute Gasteiger partial charge is 0.316 e. The minimum atomic E-state index is -3.43. The second-order valence-corrected chi connectivity index (χ2v) is 7.79. The number of aromatic nitrogens is 1. The van der Waals surface area contributed by atoms with Crippen LogP contribution in [-0.2, 0) is 22.3 Å². The summed E-state index contributed by atoms with van der Waals surface area (Å²) in [6.07, 6.45) is 0. The van der Waals surface area contributed by atoms with Crippen LogP contribution in [0.15, 0.2) is 24.3 Å². The summed E-state index contributed by atoms with van der Waals surface area (Å²) in [5.41, 5.74) is 2.74. The molecule has 1 heterocycles. The van der Waals surface area contributed by atoms with Crippen LogP contribution in [0.2, 0.25) is 0 Å². The van der Waals surface area contributed by atoms with Crippen molar-refractivity contribution in [2.75, 3.05) is 11.8 Å². The molecule has 5 nitrogen and oxygen atoms in total. The zero-order chi connectivity index (χ0) is 15.5. The van der Waals surface area contributed by atoms with Crippen molar-refractivity contribution >= 4 is 26.5 Å². The minimum absolute atomic E-state index is 0.0511. The smallest absolute Gasteiger partial charge is 0.238 e. The van der Waals surface area contributed by atoms with Crippen LogP contribution in [0.5, 0.6) is 0 Å². The van der Waals surface area contributed by atoms with Gasteiger partial charge in [0, 0.05) is 11.4 Å². The lowest BCUT2D eigenvalue weighted by molar-refractivity contribution is 0.600. The third-order valence-electron chi connectivity index (χ3n) is 3.03. The molecule has 7 heteroatoms. The van der Waals surface area contributed by atoms with E-state index in [9.17, 15) is 8.42 Å². The molecule has 0 amide bonds. The van der Waals surface area contributed by atoms with Gasteiger partial charge in [-0.15, -0.1) is 11.3 Å². The van der Waals surface area contributed by atoms with Gasteiger partial charge in [-0.1, -0.05) is 24.3 Å². The number of nitrogens with one attached hydrogen (secondary N) is 2. The summed E-state index contributed by atoms with van der Waals surface area (Å²) in [6.45, 7) is 4.55. The number of benzene rings is 1. The van der Waals surface area contributed by atoms with Crippen molar-refractivity contribution in [3.8, 4) is 0 Å². The van der Waals surface area contributed by atoms with Gasteiger partial charge in [0.2, 0.25) is 10.0 Å². The van der Waals surface area contributed by atoms with E-state index in [1.54, 1.807) is 0 Å². The van der Waals surface area contributed by atoms with E-state index in [0.717, 1.165) is 28.2 Å². The summed E-state index contributed by atoms with van der Waals surface area (Å²) in [6, 6.07) is 7.53. The van der Waals surface area contributed by atoms with Gasteiger partial charge in [-0.2, -0.15) is 0 Å². The molecule has 0 aliphatic heterocycles. The number of rotatable bonds is 6. The first-order chi connectivity index (χ1) is 9.89. The van der Waals surface area contributed by atoms with Gasteiger partial charge in [-0.3, -0.25) is 4.72 Å². The summed E-state index contributed by atoms with van der Waals surface area (Å²) in [5.74, 6) is -0.0511. The van der Waals surface area contributed by atoms with E-state index in [0.29, 0.717) is 5.13 Å². The van der Waals surface area contributed by atoms with Crippen LogP contribution in [0, 0.1) is 13.8 Å². The Morgan fingerprint density at radius 1 is 1.14 bits per heavy atom. The molecule has 21 heavy (non-hydrogen) atoms. The first-order valence-electron chi connectivity index (χ1n) is 6.56. The lowest BCUT2D eigenvalue weighted by Gasteiger charge is -2.06. The quantitative estimate of drug-likeness (QED) is 0.855. The number of hydrogen-bond acceptors (Lipinski definition) is 5. The highest BCUT2D eigenvalue weighted by Crippen LogP contribution is 2.22. The molecule has 0 fully saturated rings. The topological polar surface area (TPSA) is 71.1 Å². The Balaban J connectivity index is 2.06. The molecule has 0 saturated heterocycles. The summed E-state index contributed by atoms with van der Waals surface area (Å²) in [7, 11) is -1.56. The third kappa shape index (κ3) is 4.52. The zero-order valence-corrected chi connectivity index (χ0v) is 13.9. The van der Waals surface area contributed by atoms with Crippen LogP contribution in [-0.4, -0.2) is 20.4 Å². The van der Waals surface area contributed by atoms with Crippen molar-refractivity contribution in [3.05, 3.63) is 46.0 Å². The van der Waals surface area contributed by atoms with E-state index in [2.05, 4.69) is 15.0 Å². The maximum Gasteiger partial charge on any atom is 0.238 e. The van der Waals surface area contributed by atoms with Gasteiger partial charge >= 0.3 is 0 Å². The second kappa shape index (κ2) is 6.55. The molecule has 0 aliphatic carbocycles. The normalized spacial score (nSPS) is 11.6. The fraction of sp³-hybridized carbons (Fsp3) is 0.357. The van der Waals surface area contributed by atoms with Crippen molar-refractivity contribution in [3.63, 3.8) is 0 Å². The number of aryl methyl sites for hydroxylation is 2. The van der Waals surface area contributed by atoms with E-state index in [4.69, 9.17) is 0 Å². The Bertz CT molecular complexity index is 687. The fourth-order valence-electron chi connectivity index (χ4n) is 1.86. The summed E-state index contributed by atoms with van der Waals surface area (Å²) < 4.78 is 26.8. The molecule has 0 radical (unpaired) electrons. The van der Waals surface area contributed by atoms with Gasteiger partial charge in [0.05, 0.1) is 11.4 Å². The molecular formula is C14H19N3O2S2. The van der Waals surface area contributed by atoms with Crippen LogP contribution in [0.1, 0.15) is 21.7 Å². The molecule has 0 atom stereocenters. The maximum atomic E-state index is 12.1. The first-order valence-corrected chi connectivity index (χ1v) is 9.03. The highest BCUT2D eigenvalue weighted by Gasteiger charge is 2.14. The summed E-state index contributed by atoms with van der Waals surface area (Å²) in [4.78, 5) is 5.21. The first kappa shape index (κ1) is 15.9. The predicted octanol–water partition coefficient (Wildman–Crippen LogP) is 2.42. The molecule has 2 rings (SSSR count). The van der Waals surface area contributed by atoms with E-state index in [1.807, 2.05) is 45.2 Å². The number of thiazole rings is 1. The van der Waals surface area contributed by atoms with Crippen LogP contribution in [0.3, 0.4) is 0 Å². The SMILES string of the molecule is CNCc1ccc(CS(=O)(=O)Nc2nc(C)c(C)s2)cc1. The number of sulfonamides is 1. The monoisotopic (exact) mass is 325 g/mol. The third-order valence-corrected chi connectivity index (χ3v) is 5.37. The van der Waals surface area contributed by atoms with Crippen molar-refractivity contribution in [1.82, 2.24) is 10.3 Å². The molecule has 0 aliphatic rings. The lowest BCUT2D eigenvalue weighted by Crippen LogP contribution is -2.15. The van der Waals surface area contributed by atoms with Gasteiger partial charge in [-0.25, -0.2) is 13.4 Å². The minimum Gasteiger partial charge on any atom is -0.316 e. The van der Waals surface area contributed by atoms with E-state index >= 15 is 0 Å². The van der Waals surface area contributed by atoms with Gasteiger partial charge in [0.15, 0.2) is 5.13 Å².